The normalized spacial score (nSPS) is 13.9. The van der Waals surface area contributed by atoms with E-state index in [1.54, 1.807) is 0 Å². The van der Waals surface area contributed by atoms with Gasteiger partial charge in [-0.3, -0.25) is 4.79 Å². The standard InChI is InChI=1S/C21H21NO3/c23-20-13-7-6-12-19(20)18-11-5-4-10-17(18)14-22-21(24)25-15-16-8-2-1-3-9-16/h1-5,8-12H,6-7,13-15H2,(H,22,24). The van der Waals surface area contributed by atoms with Gasteiger partial charge in [0.25, 0.3) is 0 Å². The molecule has 1 aliphatic rings. The molecule has 0 unspecified atom stereocenters. The van der Waals surface area contributed by atoms with E-state index in [4.69, 9.17) is 4.74 Å². The fourth-order valence-electron chi connectivity index (χ4n) is 2.90. The van der Waals surface area contributed by atoms with Gasteiger partial charge >= 0.3 is 6.09 Å². The summed E-state index contributed by atoms with van der Waals surface area (Å²) in [6.45, 7) is 0.562. The minimum atomic E-state index is -0.470. The van der Waals surface area contributed by atoms with Crippen molar-refractivity contribution in [2.45, 2.75) is 32.4 Å². The van der Waals surface area contributed by atoms with Crippen LogP contribution in [0.1, 0.15) is 36.0 Å². The summed E-state index contributed by atoms with van der Waals surface area (Å²) in [6, 6.07) is 17.2. The van der Waals surface area contributed by atoms with Gasteiger partial charge in [-0.1, -0.05) is 60.7 Å². The summed E-state index contributed by atoms with van der Waals surface area (Å²) >= 11 is 0. The molecule has 0 atom stereocenters. The van der Waals surface area contributed by atoms with E-state index in [9.17, 15) is 9.59 Å². The van der Waals surface area contributed by atoms with Gasteiger partial charge in [0.1, 0.15) is 6.61 Å². The minimum Gasteiger partial charge on any atom is -0.445 e. The van der Waals surface area contributed by atoms with Gasteiger partial charge in [-0.05, 0) is 29.5 Å². The van der Waals surface area contributed by atoms with Crippen LogP contribution in [0.25, 0.3) is 5.57 Å². The van der Waals surface area contributed by atoms with Gasteiger partial charge < -0.3 is 10.1 Å². The molecular formula is C21H21NO3. The van der Waals surface area contributed by atoms with E-state index in [-0.39, 0.29) is 12.4 Å². The number of benzene rings is 2. The average molecular weight is 335 g/mol. The third-order valence-corrected chi connectivity index (χ3v) is 4.20. The molecule has 0 spiro atoms. The molecule has 25 heavy (non-hydrogen) atoms. The van der Waals surface area contributed by atoms with Crippen LogP contribution in [0.15, 0.2) is 60.7 Å². The fourth-order valence-corrected chi connectivity index (χ4v) is 2.90. The van der Waals surface area contributed by atoms with Crippen molar-refractivity contribution in [3.8, 4) is 0 Å². The van der Waals surface area contributed by atoms with Crippen molar-refractivity contribution in [1.82, 2.24) is 5.32 Å². The van der Waals surface area contributed by atoms with Gasteiger partial charge in [-0.25, -0.2) is 4.79 Å². The first-order chi connectivity index (χ1) is 12.2. The highest BCUT2D eigenvalue weighted by Gasteiger charge is 2.18. The van der Waals surface area contributed by atoms with Crippen molar-refractivity contribution in [3.05, 3.63) is 77.4 Å². The Morgan fingerprint density at radius 1 is 1.04 bits per heavy atom. The predicted molar refractivity (Wildman–Crippen MR) is 96.7 cm³/mol. The minimum absolute atomic E-state index is 0.172. The number of allylic oxidation sites excluding steroid dienone is 2. The highest BCUT2D eigenvalue weighted by molar-refractivity contribution is 6.21. The third-order valence-electron chi connectivity index (χ3n) is 4.20. The number of Topliss-reactive ketones (excluding diaryl/α,β-unsaturated/α-hetero) is 1. The topological polar surface area (TPSA) is 55.4 Å². The maximum absolute atomic E-state index is 12.2. The molecule has 1 amide bonds. The number of ketones is 1. The second-order valence-electron chi connectivity index (χ2n) is 6.01. The van der Waals surface area contributed by atoms with Crippen molar-refractivity contribution >= 4 is 17.4 Å². The Morgan fingerprint density at radius 2 is 1.80 bits per heavy atom. The number of nitrogens with one attached hydrogen (secondary N) is 1. The molecule has 0 bridgehead atoms. The number of ether oxygens (including phenoxy) is 1. The van der Waals surface area contributed by atoms with Crippen LogP contribution in [-0.4, -0.2) is 11.9 Å². The Labute approximate surface area is 147 Å². The molecule has 0 radical (unpaired) electrons. The van der Waals surface area contributed by atoms with Crippen molar-refractivity contribution in [3.63, 3.8) is 0 Å². The van der Waals surface area contributed by atoms with Crippen molar-refractivity contribution in [1.29, 1.82) is 0 Å². The van der Waals surface area contributed by atoms with Crippen molar-refractivity contribution in [2.24, 2.45) is 0 Å². The Hall–Kier alpha value is -2.88. The molecule has 4 nitrogen and oxygen atoms in total. The first kappa shape index (κ1) is 17.0. The highest BCUT2D eigenvalue weighted by atomic mass is 16.5. The Balaban J connectivity index is 1.61. The van der Waals surface area contributed by atoms with Crippen molar-refractivity contribution < 1.29 is 14.3 Å². The lowest BCUT2D eigenvalue weighted by Crippen LogP contribution is -2.24. The van der Waals surface area contributed by atoms with E-state index in [2.05, 4.69) is 5.32 Å². The predicted octanol–water partition coefficient (Wildman–Crippen LogP) is 4.25. The largest absolute Gasteiger partial charge is 0.445 e. The number of carbonyl (C=O) groups is 2. The van der Waals surface area contributed by atoms with Crippen LogP contribution < -0.4 is 5.32 Å². The van der Waals surface area contributed by atoms with Crippen LogP contribution in [0.4, 0.5) is 4.79 Å². The molecule has 0 aliphatic heterocycles. The highest BCUT2D eigenvalue weighted by Crippen LogP contribution is 2.26. The van der Waals surface area contributed by atoms with E-state index >= 15 is 0 Å². The van der Waals surface area contributed by atoms with Gasteiger partial charge in [0.15, 0.2) is 5.78 Å². The number of rotatable bonds is 5. The zero-order chi connectivity index (χ0) is 17.5. The number of carbonyl (C=O) groups excluding carboxylic acids is 2. The summed E-state index contributed by atoms with van der Waals surface area (Å²) in [5.74, 6) is 0.172. The molecule has 128 valence electrons. The van der Waals surface area contributed by atoms with E-state index in [1.807, 2.05) is 60.7 Å². The van der Waals surface area contributed by atoms with Crippen LogP contribution in [0.3, 0.4) is 0 Å². The van der Waals surface area contributed by atoms with Crippen LogP contribution >= 0.6 is 0 Å². The third kappa shape index (κ3) is 4.57. The maximum atomic E-state index is 12.2. The summed E-state index contributed by atoms with van der Waals surface area (Å²) in [4.78, 5) is 24.1. The molecule has 0 saturated carbocycles. The molecule has 2 aromatic carbocycles. The summed E-state index contributed by atoms with van der Waals surface area (Å²) in [5, 5.41) is 2.76. The molecule has 0 aromatic heterocycles. The molecule has 2 aromatic rings. The molecule has 0 fully saturated rings. The first-order valence-corrected chi connectivity index (χ1v) is 8.50. The molecular weight excluding hydrogens is 314 g/mol. The smallest absolute Gasteiger partial charge is 0.407 e. The van der Waals surface area contributed by atoms with Crippen LogP contribution in [0.5, 0.6) is 0 Å². The lowest BCUT2D eigenvalue weighted by atomic mass is 9.90. The second kappa shape index (κ2) is 8.29. The number of alkyl carbamates (subject to hydrolysis) is 1. The quantitative estimate of drug-likeness (QED) is 0.889. The van der Waals surface area contributed by atoms with Gasteiger partial charge in [0, 0.05) is 18.5 Å². The molecule has 0 saturated heterocycles. The second-order valence-corrected chi connectivity index (χ2v) is 6.01. The maximum Gasteiger partial charge on any atom is 0.407 e. The molecule has 3 rings (SSSR count). The van der Waals surface area contributed by atoms with Crippen molar-refractivity contribution in [2.75, 3.05) is 0 Å². The van der Waals surface area contributed by atoms with Gasteiger partial charge in [0.05, 0.1) is 0 Å². The lowest BCUT2D eigenvalue weighted by Gasteiger charge is -2.16. The Kier molecular flexibility index (Phi) is 5.62. The van der Waals surface area contributed by atoms with E-state index < -0.39 is 6.09 Å². The summed E-state index contributed by atoms with van der Waals surface area (Å²) in [5.41, 5.74) is 3.52. The Bertz CT molecular complexity index is 781. The number of hydrogen-bond donors (Lipinski definition) is 1. The first-order valence-electron chi connectivity index (χ1n) is 8.50. The van der Waals surface area contributed by atoms with Crippen LogP contribution in [0.2, 0.25) is 0 Å². The van der Waals surface area contributed by atoms with Gasteiger partial charge in [0.2, 0.25) is 0 Å². The summed E-state index contributed by atoms with van der Waals surface area (Å²) < 4.78 is 5.22. The zero-order valence-corrected chi connectivity index (χ0v) is 14.0. The molecule has 1 N–H and O–H groups in total. The average Bonchev–Trinajstić information content (AvgIpc) is 2.66. The van der Waals surface area contributed by atoms with Crippen LogP contribution in [-0.2, 0) is 22.7 Å². The number of amides is 1. The van der Waals surface area contributed by atoms with E-state index in [0.717, 1.165) is 35.1 Å². The van der Waals surface area contributed by atoms with Gasteiger partial charge in [-0.15, -0.1) is 0 Å². The Morgan fingerprint density at radius 3 is 2.60 bits per heavy atom. The zero-order valence-electron chi connectivity index (χ0n) is 14.0. The van der Waals surface area contributed by atoms with E-state index in [1.165, 1.54) is 0 Å². The lowest BCUT2D eigenvalue weighted by molar-refractivity contribution is -0.114. The fraction of sp³-hybridized carbons (Fsp3) is 0.238. The molecule has 4 heteroatoms. The SMILES string of the molecule is O=C(NCc1ccccc1C1=CCCCC1=O)OCc1ccccc1. The molecule has 1 aliphatic carbocycles. The summed E-state index contributed by atoms with van der Waals surface area (Å²) in [6.07, 6.45) is 3.95. The van der Waals surface area contributed by atoms with E-state index in [0.29, 0.717) is 13.0 Å². The van der Waals surface area contributed by atoms with Crippen LogP contribution in [0, 0.1) is 0 Å². The monoisotopic (exact) mass is 335 g/mol. The number of hydrogen-bond acceptors (Lipinski definition) is 3. The summed E-state index contributed by atoms with van der Waals surface area (Å²) in [7, 11) is 0. The van der Waals surface area contributed by atoms with Gasteiger partial charge in [-0.2, -0.15) is 0 Å². The molecule has 0 heterocycles.